The summed E-state index contributed by atoms with van der Waals surface area (Å²) in [6.45, 7) is 6.07. The first-order valence-electron chi connectivity index (χ1n) is 9.45. The third kappa shape index (κ3) is 4.48. The highest BCUT2D eigenvalue weighted by molar-refractivity contribution is 7.89. The third-order valence-corrected chi connectivity index (χ3v) is 7.09. The van der Waals surface area contributed by atoms with Crippen LogP contribution in [0.5, 0.6) is 0 Å². The Hall–Kier alpha value is -2.72. The first-order valence-corrected chi connectivity index (χ1v) is 10.9. The second-order valence-corrected chi connectivity index (χ2v) is 8.86. The molecule has 0 amide bonds. The van der Waals surface area contributed by atoms with Crippen LogP contribution in [0.4, 0.5) is 11.4 Å². The van der Waals surface area contributed by atoms with Gasteiger partial charge in [0.1, 0.15) is 16.4 Å². The zero-order chi connectivity index (χ0) is 21.2. The van der Waals surface area contributed by atoms with Gasteiger partial charge in [0.05, 0.1) is 16.8 Å². The highest BCUT2D eigenvalue weighted by atomic mass is 32.2. The van der Waals surface area contributed by atoms with Gasteiger partial charge in [-0.15, -0.1) is 0 Å². The lowest BCUT2D eigenvalue weighted by molar-refractivity contribution is -0.385. The number of hydrazone groups is 1. The normalized spacial score (nSPS) is 19.0. The molecular formula is C19H24N4O5S. The molecule has 1 saturated carbocycles. The fraction of sp³-hybridized carbons (Fsp3) is 0.421. The van der Waals surface area contributed by atoms with Crippen molar-refractivity contribution in [2.75, 3.05) is 18.5 Å². The van der Waals surface area contributed by atoms with Gasteiger partial charge in [0.2, 0.25) is 10.0 Å². The number of nitrogens with zero attached hydrogens (tertiary/aromatic N) is 3. The van der Waals surface area contributed by atoms with Gasteiger partial charge < -0.3 is 4.42 Å². The number of nitrogens with one attached hydrogen (secondary N) is 1. The quantitative estimate of drug-likeness (QED) is 0.375. The molecule has 1 fully saturated rings. The highest BCUT2D eigenvalue weighted by Gasteiger charge is 2.36. The Labute approximate surface area is 169 Å². The van der Waals surface area contributed by atoms with Gasteiger partial charge >= 0.3 is 0 Å². The SMILES string of the molecule is CCN(CC)S(=O)(=O)c1cc([N+](=O)[O-])ccc1N/N=C\c1ccc([C@@H]2C[C@H]2C)o1. The zero-order valence-corrected chi connectivity index (χ0v) is 17.3. The van der Waals surface area contributed by atoms with Crippen LogP contribution >= 0.6 is 0 Å². The van der Waals surface area contributed by atoms with Crippen molar-refractivity contribution in [3.63, 3.8) is 0 Å². The number of nitro groups is 1. The summed E-state index contributed by atoms with van der Waals surface area (Å²) in [5, 5.41) is 15.2. The number of sulfonamides is 1. The molecule has 10 heteroatoms. The standard InChI is InChI=1S/C19H24N4O5S/c1-4-22(5-2)29(26,27)19-11-14(23(24)25)6-8-17(19)21-20-12-15-7-9-18(28-15)16-10-13(16)3/h6-9,11-13,16,21H,4-5,10H2,1-3H3/b20-12-/t13-,16-/m1/s1. The van der Waals surface area contributed by atoms with Crippen molar-refractivity contribution >= 4 is 27.6 Å². The lowest BCUT2D eigenvalue weighted by atomic mass is 10.3. The predicted molar refractivity (Wildman–Crippen MR) is 110 cm³/mol. The molecule has 0 bridgehead atoms. The van der Waals surface area contributed by atoms with E-state index in [1.54, 1.807) is 19.9 Å². The van der Waals surface area contributed by atoms with E-state index in [1.807, 2.05) is 6.07 Å². The third-order valence-electron chi connectivity index (χ3n) is 5.00. The fourth-order valence-corrected chi connectivity index (χ4v) is 4.77. The summed E-state index contributed by atoms with van der Waals surface area (Å²) in [4.78, 5) is 10.3. The van der Waals surface area contributed by atoms with Gasteiger partial charge in [-0.1, -0.05) is 20.8 Å². The number of hydrogen-bond donors (Lipinski definition) is 1. The molecule has 9 nitrogen and oxygen atoms in total. The molecule has 3 rings (SSSR count). The molecule has 0 unspecified atom stereocenters. The summed E-state index contributed by atoms with van der Waals surface area (Å²) in [6, 6.07) is 7.33. The Morgan fingerprint density at radius 2 is 2.00 bits per heavy atom. The van der Waals surface area contributed by atoms with Crippen molar-refractivity contribution in [3.05, 3.63) is 52.0 Å². The van der Waals surface area contributed by atoms with Crippen molar-refractivity contribution in [3.8, 4) is 0 Å². The lowest BCUT2D eigenvalue weighted by Gasteiger charge is -2.20. The molecule has 1 heterocycles. The fourth-order valence-electron chi connectivity index (χ4n) is 3.15. The molecule has 1 N–H and O–H groups in total. The molecule has 0 spiro atoms. The molecule has 0 saturated heterocycles. The summed E-state index contributed by atoms with van der Waals surface area (Å²) in [6.07, 6.45) is 2.56. The van der Waals surface area contributed by atoms with E-state index < -0.39 is 14.9 Å². The maximum Gasteiger partial charge on any atom is 0.270 e. The van der Waals surface area contributed by atoms with E-state index >= 15 is 0 Å². The Morgan fingerprint density at radius 1 is 1.31 bits per heavy atom. The summed E-state index contributed by atoms with van der Waals surface area (Å²) in [7, 11) is -3.92. The molecule has 156 valence electrons. The minimum Gasteiger partial charge on any atom is -0.460 e. The van der Waals surface area contributed by atoms with E-state index in [4.69, 9.17) is 4.42 Å². The Kier molecular flexibility index (Phi) is 6.04. The molecule has 2 aromatic rings. The van der Waals surface area contributed by atoms with E-state index in [0.29, 0.717) is 17.6 Å². The Morgan fingerprint density at radius 3 is 2.59 bits per heavy atom. The minimum atomic E-state index is -3.92. The monoisotopic (exact) mass is 420 g/mol. The number of non-ortho nitro benzene ring substituents is 1. The van der Waals surface area contributed by atoms with Crippen LogP contribution in [-0.4, -0.2) is 37.0 Å². The van der Waals surface area contributed by atoms with Crippen LogP contribution in [0.3, 0.4) is 0 Å². The molecule has 29 heavy (non-hydrogen) atoms. The number of nitro benzene ring substituents is 1. The molecule has 1 aliphatic rings. The first kappa shape index (κ1) is 21.0. The average Bonchev–Trinajstić information content (AvgIpc) is 3.23. The average molecular weight is 420 g/mol. The van der Waals surface area contributed by atoms with Gasteiger partial charge in [0.15, 0.2) is 0 Å². The summed E-state index contributed by atoms with van der Waals surface area (Å²) >= 11 is 0. The van der Waals surface area contributed by atoms with Gasteiger partial charge in [0, 0.05) is 31.1 Å². The van der Waals surface area contributed by atoms with E-state index in [2.05, 4.69) is 17.5 Å². The van der Waals surface area contributed by atoms with Gasteiger partial charge in [-0.3, -0.25) is 15.5 Å². The van der Waals surface area contributed by atoms with Crippen LogP contribution in [0.1, 0.15) is 44.6 Å². The number of hydrogen-bond acceptors (Lipinski definition) is 7. The summed E-state index contributed by atoms with van der Waals surface area (Å²) in [5.74, 6) is 2.53. The second kappa shape index (κ2) is 8.34. The van der Waals surface area contributed by atoms with Crippen LogP contribution in [0.2, 0.25) is 0 Å². The first-order chi connectivity index (χ1) is 13.8. The van der Waals surface area contributed by atoms with Gasteiger partial charge in [0.25, 0.3) is 5.69 Å². The van der Waals surface area contributed by atoms with E-state index in [0.717, 1.165) is 18.2 Å². The number of benzene rings is 1. The summed E-state index contributed by atoms with van der Waals surface area (Å²) in [5.41, 5.74) is 2.53. The molecule has 2 atom stereocenters. The van der Waals surface area contributed by atoms with Crippen LogP contribution < -0.4 is 5.43 Å². The predicted octanol–water partition coefficient (Wildman–Crippen LogP) is 3.79. The van der Waals surface area contributed by atoms with Crippen molar-refractivity contribution in [2.24, 2.45) is 11.0 Å². The van der Waals surface area contributed by atoms with Crippen molar-refractivity contribution in [1.82, 2.24) is 4.31 Å². The van der Waals surface area contributed by atoms with E-state index in [9.17, 15) is 18.5 Å². The number of furan rings is 1. The topological polar surface area (TPSA) is 118 Å². The van der Waals surface area contributed by atoms with Gasteiger partial charge in [-0.25, -0.2) is 8.42 Å². The number of rotatable bonds is 9. The van der Waals surface area contributed by atoms with Crippen LogP contribution in [-0.2, 0) is 10.0 Å². The van der Waals surface area contributed by atoms with E-state index in [-0.39, 0.29) is 29.4 Å². The maximum absolute atomic E-state index is 12.9. The van der Waals surface area contributed by atoms with Crippen LogP contribution in [0.25, 0.3) is 0 Å². The smallest absolute Gasteiger partial charge is 0.270 e. The molecule has 0 radical (unpaired) electrons. The largest absolute Gasteiger partial charge is 0.460 e. The molecule has 1 aromatic heterocycles. The Balaban J connectivity index is 1.86. The number of anilines is 1. The highest BCUT2D eigenvalue weighted by Crippen LogP contribution is 2.47. The van der Waals surface area contributed by atoms with E-state index in [1.165, 1.54) is 22.7 Å². The van der Waals surface area contributed by atoms with Crippen LogP contribution in [0, 0.1) is 16.0 Å². The van der Waals surface area contributed by atoms with Crippen molar-refractivity contribution < 1.29 is 17.8 Å². The van der Waals surface area contributed by atoms with Crippen molar-refractivity contribution in [2.45, 2.75) is 38.0 Å². The van der Waals surface area contributed by atoms with Gasteiger partial charge in [-0.2, -0.15) is 9.41 Å². The Bertz CT molecular complexity index is 1030. The van der Waals surface area contributed by atoms with Crippen molar-refractivity contribution in [1.29, 1.82) is 0 Å². The lowest BCUT2D eigenvalue weighted by Crippen LogP contribution is -2.31. The summed E-state index contributed by atoms with van der Waals surface area (Å²) < 4.78 is 32.8. The maximum atomic E-state index is 12.9. The minimum absolute atomic E-state index is 0.154. The molecule has 1 aliphatic carbocycles. The zero-order valence-electron chi connectivity index (χ0n) is 16.5. The van der Waals surface area contributed by atoms with Gasteiger partial charge in [-0.05, 0) is 30.5 Å². The molecular weight excluding hydrogens is 396 g/mol. The molecule has 0 aliphatic heterocycles. The molecule has 1 aromatic carbocycles. The van der Waals surface area contributed by atoms with Crippen LogP contribution in [0.15, 0.2) is 44.7 Å². The second-order valence-electron chi connectivity index (χ2n) is 6.96.